The molecule has 2 N–H and O–H groups in total. The predicted octanol–water partition coefficient (Wildman–Crippen LogP) is 1.14. The monoisotopic (exact) mass is 240 g/mol. The number of nitrogens with one attached hydrogen (secondary N) is 1. The summed E-state index contributed by atoms with van der Waals surface area (Å²) < 4.78 is 0. The number of aromatic hydroxyl groups is 1. The number of phenols is 1. The summed E-state index contributed by atoms with van der Waals surface area (Å²) in [6.07, 6.45) is 2.82. The normalized spacial score (nSPS) is 10.9. The van der Waals surface area contributed by atoms with Crippen LogP contribution in [0.5, 0.6) is 5.75 Å². The summed E-state index contributed by atoms with van der Waals surface area (Å²) in [6, 6.07) is 5.74. The number of pyridine rings is 1. The zero-order chi connectivity index (χ0) is 12.7. The summed E-state index contributed by atoms with van der Waals surface area (Å²) in [7, 11) is 0. The van der Waals surface area contributed by atoms with Crippen LogP contribution in [-0.2, 0) is 0 Å². The van der Waals surface area contributed by atoms with E-state index in [-0.39, 0.29) is 32.9 Å². The van der Waals surface area contributed by atoms with Gasteiger partial charge in [0.1, 0.15) is 5.75 Å². The maximum absolute atomic E-state index is 12.3. The third-order valence-electron chi connectivity index (χ3n) is 2.81. The molecule has 5 heteroatoms. The van der Waals surface area contributed by atoms with Gasteiger partial charge in [0, 0.05) is 17.8 Å². The van der Waals surface area contributed by atoms with Crippen LogP contribution in [0.25, 0.3) is 21.7 Å². The van der Waals surface area contributed by atoms with Gasteiger partial charge in [-0.15, -0.1) is 0 Å². The van der Waals surface area contributed by atoms with Crippen molar-refractivity contribution < 1.29 is 5.11 Å². The number of H-pyrrole nitrogens is 1. The zero-order valence-corrected chi connectivity index (χ0v) is 9.18. The van der Waals surface area contributed by atoms with Crippen molar-refractivity contribution >= 4 is 21.7 Å². The van der Waals surface area contributed by atoms with E-state index < -0.39 is 0 Å². The SMILES string of the molecule is O=c1[nH]c2ccc(O)cc2c(=O)c2cnccc12. The van der Waals surface area contributed by atoms with Gasteiger partial charge < -0.3 is 10.1 Å². The van der Waals surface area contributed by atoms with Gasteiger partial charge in [-0.25, -0.2) is 0 Å². The quantitative estimate of drug-likeness (QED) is 0.617. The van der Waals surface area contributed by atoms with E-state index in [4.69, 9.17) is 0 Å². The Labute approximate surface area is 100 Å². The lowest BCUT2D eigenvalue weighted by molar-refractivity contribution is 0.476. The van der Waals surface area contributed by atoms with Crippen LogP contribution in [0.1, 0.15) is 0 Å². The summed E-state index contributed by atoms with van der Waals surface area (Å²) in [5.41, 5.74) is -0.300. The van der Waals surface area contributed by atoms with E-state index in [2.05, 4.69) is 9.97 Å². The maximum Gasteiger partial charge on any atom is 0.256 e. The van der Waals surface area contributed by atoms with Crippen molar-refractivity contribution in [2.45, 2.75) is 0 Å². The molecule has 0 atom stereocenters. The molecule has 0 radical (unpaired) electrons. The Morgan fingerprint density at radius 2 is 1.89 bits per heavy atom. The van der Waals surface area contributed by atoms with Crippen LogP contribution in [0, 0.1) is 0 Å². The third kappa shape index (κ3) is 1.45. The van der Waals surface area contributed by atoms with E-state index >= 15 is 0 Å². The fourth-order valence-corrected chi connectivity index (χ4v) is 1.94. The molecule has 0 bridgehead atoms. The van der Waals surface area contributed by atoms with Crippen molar-refractivity contribution in [3.8, 4) is 5.75 Å². The van der Waals surface area contributed by atoms with Crippen LogP contribution in [0.3, 0.4) is 0 Å². The first-order valence-electron chi connectivity index (χ1n) is 5.30. The molecule has 1 aromatic carbocycles. The van der Waals surface area contributed by atoms with Gasteiger partial charge in [0.2, 0.25) is 0 Å². The van der Waals surface area contributed by atoms with Gasteiger partial charge in [-0.2, -0.15) is 0 Å². The van der Waals surface area contributed by atoms with Crippen molar-refractivity contribution in [2.75, 3.05) is 0 Å². The molecule has 3 aromatic rings. The maximum atomic E-state index is 12.3. The van der Waals surface area contributed by atoms with Gasteiger partial charge in [0.05, 0.1) is 16.3 Å². The van der Waals surface area contributed by atoms with E-state index in [0.717, 1.165) is 0 Å². The highest BCUT2D eigenvalue weighted by molar-refractivity contribution is 5.90. The van der Waals surface area contributed by atoms with Crippen LogP contribution in [0.15, 0.2) is 46.2 Å². The molecule has 0 fully saturated rings. The van der Waals surface area contributed by atoms with Crippen LogP contribution >= 0.6 is 0 Å². The van der Waals surface area contributed by atoms with Gasteiger partial charge in [0.25, 0.3) is 5.56 Å². The lowest BCUT2D eigenvalue weighted by Crippen LogP contribution is -2.03. The Hall–Kier alpha value is -2.69. The van der Waals surface area contributed by atoms with Crippen molar-refractivity contribution in [3.63, 3.8) is 0 Å². The lowest BCUT2D eigenvalue weighted by atomic mass is 10.2. The second-order valence-electron chi connectivity index (χ2n) is 3.93. The number of aromatic amines is 1. The minimum atomic E-state index is -0.356. The molecule has 18 heavy (non-hydrogen) atoms. The Kier molecular flexibility index (Phi) is 2.13. The van der Waals surface area contributed by atoms with Gasteiger partial charge in [-0.1, -0.05) is 0 Å². The Balaban J connectivity index is 2.75. The van der Waals surface area contributed by atoms with E-state index in [0.29, 0.717) is 5.52 Å². The smallest absolute Gasteiger partial charge is 0.256 e. The molecule has 0 unspecified atom stereocenters. The summed E-state index contributed by atoms with van der Waals surface area (Å²) in [6.45, 7) is 0. The second kappa shape index (κ2) is 3.66. The van der Waals surface area contributed by atoms with Crippen molar-refractivity contribution in [1.82, 2.24) is 9.97 Å². The topological polar surface area (TPSA) is 83.0 Å². The van der Waals surface area contributed by atoms with Crippen LogP contribution in [0.2, 0.25) is 0 Å². The summed E-state index contributed by atoms with van der Waals surface area (Å²) >= 11 is 0. The fraction of sp³-hybridized carbons (Fsp3) is 0. The number of hydrogen-bond donors (Lipinski definition) is 2. The largest absolute Gasteiger partial charge is 0.508 e. The molecule has 0 saturated carbocycles. The summed E-state index contributed by atoms with van der Waals surface area (Å²) in [5.74, 6) is -0.0244. The highest BCUT2D eigenvalue weighted by atomic mass is 16.3. The number of rotatable bonds is 0. The Bertz CT molecular complexity index is 884. The molecular weight excluding hydrogens is 232 g/mol. The predicted molar refractivity (Wildman–Crippen MR) is 67.8 cm³/mol. The molecular formula is C13H8N2O3. The summed E-state index contributed by atoms with van der Waals surface area (Å²) in [4.78, 5) is 30.7. The van der Waals surface area contributed by atoms with Crippen LogP contribution in [-0.4, -0.2) is 15.1 Å². The van der Waals surface area contributed by atoms with E-state index in [1.807, 2.05) is 0 Å². The molecule has 5 nitrogen and oxygen atoms in total. The highest BCUT2D eigenvalue weighted by Gasteiger charge is 2.06. The molecule has 0 aliphatic rings. The third-order valence-corrected chi connectivity index (χ3v) is 2.81. The molecule has 2 aromatic heterocycles. The highest BCUT2D eigenvalue weighted by Crippen LogP contribution is 2.15. The molecule has 0 aliphatic carbocycles. The Morgan fingerprint density at radius 1 is 1.06 bits per heavy atom. The first kappa shape index (κ1) is 10.5. The second-order valence-corrected chi connectivity index (χ2v) is 3.93. The number of phenolic OH excluding ortho intramolecular Hbond substituents is 1. The van der Waals surface area contributed by atoms with Gasteiger partial charge >= 0.3 is 0 Å². The number of aromatic nitrogens is 2. The van der Waals surface area contributed by atoms with Crippen molar-refractivity contribution in [3.05, 3.63) is 57.2 Å². The fourth-order valence-electron chi connectivity index (χ4n) is 1.94. The summed E-state index contributed by atoms with van der Waals surface area (Å²) in [5, 5.41) is 10.2. The molecule has 0 aliphatic heterocycles. The van der Waals surface area contributed by atoms with Crippen molar-refractivity contribution in [1.29, 1.82) is 0 Å². The van der Waals surface area contributed by atoms with Crippen molar-refractivity contribution in [2.24, 2.45) is 0 Å². The van der Waals surface area contributed by atoms with Gasteiger partial charge in [0.15, 0.2) is 5.43 Å². The first-order chi connectivity index (χ1) is 8.66. The average Bonchev–Trinajstić information content (AvgIpc) is 2.48. The number of nitrogens with zero attached hydrogens (tertiary/aromatic N) is 1. The molecule has 3 rings (SSSR count). The first-order valence-corrected chi connectivity index (χ1v) is 5.30. The number of fused-ring (bicyclic) bond motifs is 2. The van der Waals surface area contributed by atoms with E-state index in [1.165, 1.54) is 36.7 Å². The van der Waals surface area contributed by atoms with E-state index in [1.54, 1.807) is 0 Å². The lowest BCUT2D eigenvalue weighted by Gasteiger charge is -1.92. The van der Waals surface area contributed by atoms with Gasteiger partial charge in [-0.05, 0) is 24.3 Å². The Morgan fingerprint density at radius 3 is 2.72 bits per heavy atom. The number of benzene rings is 1. The zero-order valence-electron chi connectivity index (χ0n) is 9.18. The van der Waals surface area contributed by atoms with Crippen LogP contribution < -0.4 is 11.0 Å². The molecule has 0 spiro atoms. The number of hydrogen-bond acceptors (Lipinski definition) is 4. The molecule has 0 amide bonds. The average molecular weight is 240 g/mol. The molecule has 88 valence electrons. The minimum Gasteiger partial charge on any atom is -0.508 e. The standard InChI is InChI=1S/C13H8N2O3/c16-7-1-2-11-9(5-7)12(17)10-6-14-4-3-8(10)13(18)15-11/h1-6,16H,(H,15,18). The van der Waals surface area contributed by atoms with Gasteiger partial charge in [-0.3, -0.25) is 14.6 Å². The molecule has 0 saturated heterocycles. The molecule has 2 heterocycles. The van der Waals surface area contributed by atoms with Crippen LogP contribution in [0.4, 0.5) is 0 Å². The minimum absolute atomic E-state index is 0.0244. The van der Waals surface area contributed by atoms with E-state index in [9.17, 15) is 14.7 Å².